The van der Waals surface area contributed by atoms with Crippen molar-refractivity contribution in [2.24, 2.45) is 4.99 Å². The number of aromatic nitrogens is 1. The van der Waals surface area contributed by atoms with Crippen LogP contribution in [-0.4, -0.2) is 59.8 Å². The van der Waals surface area contributed by atoms with Gasteiger partial charge in [-0.2, -0.15) is 0 Å². The Morgan fingerprint density at radius 1 is 1.30 bits per heavy atom. The van der Waals surface area contributed by atoms with Crippen LogP contribution in [0, 0.1) is 0 Å². The lowest BCUT2D eigenvalue weighted by Gasteiger charge is -2.45. The molecular weight excluding hydrogens is 473 g/mol. The van der Waals surface area contributed by atoms with Gasteiger partial charge in [0.05, 0.1) is 18.8 Å². The number of guanidine groups is 1. The normalized spacial score (nSPS) is 21.6. The third-order valence-corrected chi connectivity index (χ3v) is 5.76. The van der Waals surface area contributed by atoms with E-state index in [1.54, 1.807) is 11.3 Å². The smallest absolute Gasteiger partial charge is 0.191 e. The second kappa shape index (κ2) is 11.5. The number of aliphatic imine (C=N–C) groups is 1. The van der Waals surface area contributed by atoms with Crippen LogP contribution in [0.3, 0.4) is 0 Å². The van der Waals surface area contributed by atoms with Crippen LogP contribution < -0.4 is 10.6 Å². The topological polar surface area (TPSA) is 61.8 Å². The quantitative estimate of drug-likeness (QED) is 0.336. The van der Waals surface area contributed by atoms with Crippen molar-refractivity contribution < 1.29 is 4.74 Å². The van der Waals surface area contributed by atoms with E-state index in [0.29, 0.717) is 6.54 Å². The molecule has 0 spiro atoms. The Kier molecular flexibility index (Phi) is 10.5. The molecule has 1 fully saturated rings. The highest BCUT2D eigenvalue weighted by Crippen LogP contribution is 2.20. The fourth-order valence-corrected chi connectivity index (χ4v) is 3.94. The number of halogens is 1. The van der Waals surface area contributed by atoms with Crippen LogP contribution in [0.1, 0.15) is 51.4 Å². The van der Waals surface area contributed by atoms with Crippen molar-refractivity contribution in [2.45, 2.75) is 72.3 Å². The number of rotatable bonds is 7. The molecule has 1 aliphatic heterocycles. The second-order valence-electron chi connectivity index (χ2n) is 7.60. The van der Waals surface area contributed by atoms with E-state index in [4.69, 9.17) is 9.73 Å². The molecule has 2 unspecified atom stereocenters. The number of nitrogens with one attached hydrogen (secondary N) is 2. The van der Waals surface area contributed by atoms with Crippen LogP contribution in [0.5, 0.6) is 0 Å². The van der Waals surface area contributed by atoms with E-state index >= 15 is 0 Å². The van der Waals surface area contributed by atoms with Gasteiger partial charge in [0.2, 0.25) is 0 Å². The fourth-order valence-electron chi connectivity index (χ4n) is 3.16. The van der Waals surface area contributed by atoms with Crippen LogP contribution in [0.4, 0.5) is 0 Å². The zero-order valence-corrected chi connectivity index (χ0v) is 20.7. The van der Waals surface area contributed by atoms with Gasteiger partial charge in [-0.3, -0.25) is 4.90 Å². The number of thiazole rings is 1. The van der Waals surface area contributed by atoms with Gasteiger partial charge in [0.15, 0.2) is 5.96 Å². The molecule has 1 saturated heterocycles. The van der Waals surface area contributed by atoms with Crippen molar-refractivity contribution >= 4 is 41.3 Å². The molecule has 0 aromatic carbocycles. The highest BCUT2D eigenvalue weighted by molar-refractivity contribution is 14.0. The highest BCUT2D eigenvalue weighted by Gasteiger charge is 2.33. The van der Waals surface area contributed by atoms with Gasteiger partial charge in [0, 0.05) is 42.8 Å². The lowest BCUT2D eigenvalue weighted by Crippen LogP contribution is -2.59. The lowest BCUT2D eigenvalue weighted by atomic mass is 10.00. The zero-order valence-electron chi connectivity index (χ0n) is 17.5. The van der Waals surface area contributed by atoms with E-state index < -0.39 is 0 Å². The van der Waals surface area contributed by atoms with Crippen molar-refractivity contribution in [1.82, 2.24) is 20.5 Å². The van der Waals surface area contributed by atoms with Crippen LogP contribution in [0.15, 0.2) is 11.2 Å². The molecule has 1 aliphatic rings. The molecule has 0 aliphatic carbocycles. The maximum atomic E-state index is 5.87. The Morgan fingerprint density at radius 2 is 1.96 bits per heavy atom. The third-order valence-electron chi connectivity index (χ3n) is 4.63. The van der Waals surface area contributed by atoms with Gasteiger partial charge in [0.1, 0.15) is 5.01 Å². The summed E-state index contributed by atoms with van der Waals surface area (Å²) in [5, 5.41) is 7.92. The monoisotopic (exact) mass is 509 g/mol. The molecule has 1 aromatic rings. The van der Waals surface area contributed by atoms with Gasteiger partial charge in [-0.15, -0.1) is 35.3 Å². The Hall–Kier alpha value is -0.450. The molecule has 8 heteroatoms. The molecule has 27 heavy (non-hydrogen) atoms. The van der Waals surface area contributed by atoms with E-state index in [1.807, 2.05) is 6.20 Å². The molecule has 0 amide bonds. The number of hydrogen-bond acceptors (Lipinski definition) is 5. The highest BCUT2D eigenvalue weighted by atomic mass is 127. The predicted octanol–water partition coefficient (Wildman–Crippen LogP) is 3.27. The molecule has 156 valence electrons. The fraction of sp³-hybridized carbons (Fsp3) is 0.789. The number of ether oxygens (including phenoxy) is 1. The average Bonchev–Trinajstić information content (AvgIpc) is 3.04. The Balaban J connectivity index is 0.00000364. The predicted molar refractivity (Wildman–Crippen MR) is 125 cm³/mol. The molecule has 1 aromatic heterocycles. The molecule has 0 bridgehead atoms. The summed E-state index contributed by atoms with van der Waals surface area (Å²) >= 11 is 1.74. The van der Waals surface area contributed by atoms with Crippen molar-refractivity contribution in [2.75, 3.05) is 26.2 Å². The Morgan fingerprint density at radius 3 is 2.52 bits per heavy atom. The number of hydrogen-bond donors (Lipinski definition) is 2. The molecule has 2 N–H and O–H groups in total. The van der Waals surface area contributed by atoms with E-state index in [-0.39, 0.29) is 41.7 Å². The van der Waals surface area contributed by atoms with Gasteiger partial charge in [-0.25, -0.2) is 9.98 Å². The molecule has 0 saturated carbocycles. The Bertz CT molecular complexity index is 582. The van der Waals surface area contributed by atoms with Crippen LogP contribution in [-0.2, 0) is 17.7 Å². The lowest BCUT2D eigenvalue weighted by molar-refractivity contribution is -0.0946. The molecule has 6 nitrogen and oxygen atoms in total. The zero-order chi connectivity index (χ0) is 19.2. The first-order chi connectivity index (χ1) is 12.3. The third kappa shape index (κ3) is 7.83. The van der Waals surface area contributed by atoms with Gasteiger partial charge in [-0.05, 0) is 41.0 Å². The average molecular weight is 510 g/mol. The molecule has 2 atom stereocenters. The first kappa shape index (κ1) is 24.6. The van der Waals surface area contributed by atoms with Crippen LogP contribution in [0.25, 0.3) is 0 Å². The summed E-state index contributed by atoms with van der Waals surface area (Å²) in [7, 11) is 0. The first-order valence-corrected chi connectivity index (χ1v) is 10.5. The minimum absolute atomic E-state index is 0. The van der Waals surface area contributed by atoms with Gasteiger partial charge >= 0.3 is 0 Å². The molecule has 0 radical (unpaired) electrons. The van der Waals surface area contributed by atoms with Crippen LogP contribution >= 0.6 is 35.3 Å². The maximum absolute atomic E-state index is 5.87. The summed E-state index contributed by atoms with van der Waals surface area (Å²) in [5.41, 5.74) is 0.0268. The summed E-state index contributed by atoms with van der Waals surface area (Å²) in [6.45, 7) is 17.3. The van der Waals surface area contributed by atoms with E-state index in [0.717, 1.165) is 43.6 Å². The van der Waals surface area contributed by atoms with E-state index in [2.05, 4.69) is 62.1 Å². The van der Waals surface area contributed by atoms with Crippen LogP contribution in [0.2, 0.25) is 0 Å². The second-order valence-corrected chi connectivity index (χ2v) is 8.80. The number of aryl methyl sites for hydroxylation is 1. The van der Waals surface area contributed by atoms with E-state index in [9.17, 15) is 0 Å². The SMILES string of the molecule is CCNC(=NCc1ncc(CC)s1)NCC(C)(C)N1CC(C)OC(C)C1.I. The molecule has 2 heterocycles. The standard InChI is InChI=1S/C19H35N5OS.HI/c1-7-16-9-21-17(26-16)10-22-18(20-8-2)23-13-19(5,6)24-11-14(3)25-15(4)12-24;/h9,14-15H,7-8,10-13H2,1-6H3,(H2,20,22,23);1H. The minimum atomic E-state index is 0. The van der Waals surface area contributed by atoms with Crippen molar-refractivity contribution in [3.63, 3.8) is 0 Å². The van der Waals surface area contributed by atoms with Crippen molar-refractivity contribution in [3.8, 4) is 0 Å². The largest absolute Gasteiger partial charge is 0.373 e. The first-order valence-electron chi connectivity index (χ1n) is 9.70. The number of nitrogens with zero attached hydrogens (tertiary/aromatic N) is 3. The minimum Gasteiger partial charge on any atom is -0.373 e. The summed E-state index contributed by atoms with van der Waals surface area (Å²) in [4.78, 5) is 13.0. The van der Waals surface area contributed by atoms with Gasteiger partial charge < -0.3 is 15.4 Å². The summed E-state index contributed by atoms with van der Waals surface area (Å²) in [5.74, 6) is 0.850. The van der Waals surface area contributed by atoms with Gasteiger partial charge in [-0.1, -0.05) is 6.92 Å². The summed E-state index contributed by atoms with van der Waals surface area (Å²) < 4.78 is 5.87. The van der Waals surface area contributed by atoms with Crippen molar-refractivity contribution in [1.29, 1.82) is 0 Å². The van der Waals surface area contributed by atoms with E-state index in [1.165, 1.54) is 4.88 Å². The van der Waals surface area contributed by atoms with Gasteiger partial charge in [0.25, 0.3) is 0 Å². The summed E-state index contributed by atoms with van der Waals surface area (Å²) in [6.07, 6.45) is 3.54. The summed E-state index contributed by atoms with van der Waals surface area (Å²) in [6, 6.07) is 0. The maximum Gasteiger partial charge on any atom is 0.191 e. The molecule has 2 rings (SSSR count). The van der Waals surface area contributed by atoms with Crippen molar-refractivity contribution in [3.05, 3.63) is 16.1 Å². The Labute approximate surface area is 185 Å². The molecular formula is C19H36IN5OS. The number of morpholine rings is 1.